The molecule has 3 aromatic heterocycles. The van der Waals surface area contributed by atoms with Gasteiger partial charge in [-0.1, -0.05) is 46.6 Å². The van der Waals surface area contributed by atoms with Gasteiger partial charge in [0, 0.05) is 52.0 Å². The number of rotatable bonds is 5. The van der Waals surface area contributed by atoms with Crippen LogP contribution in [0.5, 0.6) is 0 Å². The van der Waals surface area contributed by atoms with Crippen LogP contribution in [0.1, 0.15) is 48.7 Å². The lowest BCUT2D eigenvalue weighted by Gasteiger charge is -2.20. The van der Waals surface area contributed by atoms with Gasteiger partial charge in [-0.2, -0.15) is 0 Å². The quantitative estimate of drug-likeness (QED) is 0.236. The van der Waals surface area contributed by atoms with Crippen molar-refractivity contribution in [1.82, 2.24) is 24.7 Å². The number of nitrogens with zero attached hydrogens (tertiary/aromatic N) is 6. The molecule has 8 nitrogen and oxygen atoms in total. The number of hydrogen-bond donors (Lipinski definition) is 0. The van der Waals surface area contributed by atoms with E-state index in [2.05, 4.69) is 40.6 Å². The highest BCUT2D eigenvalue weighted by Crippen LogP contribution is 2.60. The molecule has 5 heterocycles. The molecule has 1 saturated carbocycles. The van der Waals surface area contributed by atoms with E-state index in [1.807, 2.05) is 29.0 Å². The van der Waals surface area contributed by atoms with Crippen molar-refractivity contribution in [2.45, 2.75) is 38.1 Å². The Hall–Kier alpha value is -4.01. The number of aryl methyl sites for hydroxylation is 1. The second-order valence-corrected chi connectivity index (χ2v) is 11.4. The van der Waals surface area contributed by atoms with Crippen LogP contribution in [-0.2, 0) is 6.42 Å². The molecule has 1 aliphatic carbocycles. The predicted molar refractivity (Wildman–Crippen MR) is 154 cm³/mol. The number of fused-ring (bicyclic) bond motifs is 4. The first-order valence-electron chi connectivity index (χ1n) is 13.3. The minimum Gasteiger partial charge on any atom is -0.356 e. The minimum atomic E-state index is -0.0430. The largest absolute Gasteiger partial charge is 0.356 e. The van der Waals surface area contributed by atoms with Gasteiger partial charge in [-0.25, -0.2) is 4.68 Å². The van der Waals surface area contributed by atoms with Crippen LogP contribution in [0.3, 0.4) is 0 Å². The summed E-state index contributed by atoms with van der Waals surface area (Å²) in [6.45, 7) is 2.07. The van der Waals surface area contributed by atoms with Crippen LogP contribution in [-0.4, -0.2) is 30.4 Å². The Bertz CT molecular complexity index is 1980. The van der Waals surface area contributed by atoms with Gasteiger partial charge in [0.05, 0.1) is 23.6 Å². The monoisotopic (exact) mass is 568 g/mol. The van der Waals surface area contributed by atoms with Crippen molar-refractivity contribution in [1.29, 1.82) is 0 Å². The standard InChI is InChI=1S/C30H22Cl2N6O2/c1-2-23-19-5-3-15(9-27(19)40-35-23)17-7-24(33-13-17)30-22-12-21(22)26-8-16(10-29(39)38(26)30)20-11-18(31)4-6-25(20)37-14-28(32)34-36-37/h3-6,8-11,13-14,21-22,30H,2,7,12H2,1H3. The van der Waals surface area contributed by atoms with Crippen LogP contribution in [0.15, 0.2) is 75.2 Å². The van der Waals surface area contributed by atoms with Gasteiger partial charge in [-0.15, -0.1) is 5.10 Å². The molecule has 0 saturated heterocycles. The van der Waals surface area contributed by atoms with Crippen molar-refractivity contribution in [3.8, 4) is 16.8 Å². The maximum atomic E-state index is 13.7. The predicted octanol–water partition coefficient (Wildman–Crippen LogP) is 6.65. The second-order valence-electron chi connectivity index (χ2n) is 10.6. The van der Waals surface area contributed by atoms with Crippen LogP contribution in [0.4, 0.5) is 0 Å². The molecule has 40 heavy (non-hydrogen) atoms. The molecule has 5 aromatic rings. The van der Waals surface area contributed by atoms with Crippen molar-refractivity contribution in [2.75, 3.05) is 0 Å². The zero-order chi connectivity index (χ0) is 27.1. The fourth-order valence-electron chi connectivity index (χ4n) is 6.38. The lowest BCUT2D eigenvalue weighted by Crippen LogP contribution is -2.29. The molecule has 1 fully saturated rings. The molecule has 0 spiro atoms. The van der Waals surface area contributed by atoms with E-state index in [1.165, 1.54) is 0 Å². The minimum absolute atomic E-state index is 0.0380. The van der Waals surface area contributed by atoms with Crippen molar-refractivity contribution >= 4 is 45.5 Å². The number of halogens is 2. The molecule has 3 unspecified atom stereocenters. The van der Waals surface area contributed by atoms with Crippen molar-refractivity contribution in [3.05, 3.63) is 98.4 Å². The Morgan fingerprint density at radius 1 is 1.07 bits per heavy atom. The van der Waals surface area contributed by atoms with Crippen LogP contribution in [0.2, 0.25) is 10.2 Å². The van der Waals surface area contributed by atoms with Crippen LogP contribution in [0, 0.1) is 5.92 Å². The number of aliphatic imine (C=N–C) groups is 1. The van der Waals surface area contributed by atoms with E-state index in [4.69, 9.17) is 32.7 Å². The SMILES string of the molecule is CCc1noc2cc(C3=CN=C(C4C5CC5c5cc(-c6cc(Cl)ccc6-n6cc(Cl)nn6)cc(=O)n54)C3)ccc12. The molecule has 198 valence electrons. The van der Waals surface area contributed by atoms with Gasteiger partial charge in [0.15, 0.2) is 10.7 Å². The topological polar surface area (TPSA) is 91.1 Å². The first-order chi connectivity index (χ1) is 19.5. The van der Waals surface area contributed by atoms with Crippen LogP contribution < -0.4 is 5.56 Å². The zero-order valence-electron chi connectivity index (χ0n) is 21.4. The van der Waals surface area contributed by atoms with Gasteiger partial charge >= 0.3 is 0 Å². The Balaban J connectivity index is 1.12. The summed E-state index contributed by atoms with van der Waals surface area (Å²) in [4.78, 5) is 18.5. The van der Waals surface area contributed by atoms with E-state index in [1.54, 1.807) is 23.0 Å². The number of pyridine rings is 1. The van der Waals surface area contributed by atoms with E-state index in [-0.39, 0.29) is 16.8 Å². The Morgan fingerprint density at radius 3 is 2.80 bits per heavy atom. The molecule has 8 rings (SSSR count). The Morgan fingerprint density at radius 2 is 1.98 bits per heavy atom. The van der Waals surface area contributed by atoms with E-state index in [0.717, 1.165) is 68.9 Å². The average molecular weight is 569 g/mol. The van der Waals surface area contributed by atoms with Crippen molar-refractivity contribution in [3.63, 3.8) is 0 Å². The number of hydrogen-bond acceptors (Lipinski definition) is 6. The summed E-state index contributed by atoms with van der Waals surface area (Å²) in [5.41, 5.74) is 8.32. The lowest BCUT2D eigenvalue weighted by molar-refractivity contribution is 0.447. The van der Waals surface area contributed by atoms with Gasteiger partial charge in [-0.3, -0.25) is 9.79 Å². The normalized spacial score (nSPS) is 20.9. The van der Waals surface area contributed by atoms with Gasteiger partial charge in [0.1, 0.15) is 0 Å². The molecular formula is C30H22Cl2N6O2. The molecular weight excluding hydrogens is 547 g/mol. The first kappa shape index (κ1) is 23.8. The maximum Gasteiger partial charge on any atom is 0.251 e. The second kappa shape index (κ2) is 8.74. The molecule has 2 aromatic carbocycles. The number of benzene rings is 2. The fraction of sp³-hybridized carbons (Fsp3) is 0.233. The zero-order valence-corrected chi connectivity index (χ0v) is 22.9. The first-order valence-corrected chi connectivity index (χ1v) is 14.0. The van der Waals surface area contributed by atoms with Gasteiger partial charge in [-0.05, 0) is 71.9 Å². The molecule has 0 radical (unpaired) electrons. The molecule has 2 aliphatic heterocycles. The Kier molecular flexibility index (Phi) is 5.21. The van der Waals surface area contributed by atoms with Crippen molar-refractivity contribution < 1.29 is 4.52 Å². The molecule has 0 bridgehead atoms. The van der Waals surface area contributed by atoms with Crippen molar-refractivity contribution in [2.24, 2.45) is 10.9 Å². The lowest BCUT2D eigenvalue weighted by atomic mass is 9.97. The number of aromatic nitrogens is 5. The number of allylic oxidation sites excluding steroid dienone is 1. The van der Waals surface area contributed by atoms with Crippen LogP contribution in [0.25, 0.3) is 33.4 Å². The maximum absolute atomic E-state index is 13.7. The van der Waals surface area contributed by atoms with E-state index >= 15 is 0 Å². The smallest absolute Gasteiger partial charge is 0.251 e. The van der Waals surface area contributed by atoms with E-state index < -0.39 is 0 Å². The summed E-state index contributed by atoms with van der Waals surface area (Å²) in [6.07, 6.45) is 6.15. The van der Waals surface area contributed by atoms with Gasteiger partial charge in [0.25, 0.3) is 5.56 Å². The average Bonchev–Trinajstić information content (AvgIpc) is 3.34. The molecule has 3 aliphatic rings. The highest BCUT2D eigenvalue weighted by atomic mass is 35.5. The molecule has 0 N–H and O–H groups in total. The summed E-state index contributed by atoms with van der Waals surface area (Å²) in [5, 5.41) is 14.1. The van der Waals surface area contributed by atoms with Gasteiger partial charge in [0.2, 0.25) is 0 Å². The highest BCUT2D eigenvalue weighted by Gasteiger charge is 2.54. The summed E-state index contributed by atoms with van der Waals surface area (Å²) in [7, 11) is 0. The third-order valence-electron chi connectivity index (χ3n) is 8.33. The molecule has 0 amide bonds. The van der Waals surface area contributed by atoms with E-state index in [9.17, 15) is 4.79 Å². The molecule has 3 atom stereocenters. The Labute approximate surface area is 238 Å². The highest BCUT2D eigenvalue weighted by molar-refractivity contribution is 6.31. The van der Waals surface area contributed by atoms with E-state index in [0.29, 0.717) is 23.3 Å². The van der Waals surface area contributed by atoms with Gasteiger partial charge < -0.3 is 9.09 Å². The summed E-state index contributed by atoms with van der Waals surface area (Å²) < 4.78 is 9.11. The summed E-state index contributed by atoms with van der Waals surface area (Å²) in [6, 6.07) is 15.5. The third kappa shape index (κ3) is 3.63. The van der Waals surface area contributed by atoms with Crippen LogP contribution >= 0.6 is 23.2 Å². The fourth-order valence-corrected chi connectivity index (χ4v) is 6.68. The molecule has 10 heteroatoms. The third-order valence-corrected chi connectivity index (χ3v) is 8.74. The summed E-state index contributed by atoms with van der Waals surface area (Å²) >= 11 is 12.4. The summed E-state index contributed by atoms with van der Waals surface area (Å²) in [5.74, 6) is 0.720.